The lowest BCUT2D eigenvalue weighted by molar-refractivity contribution is 0.328. The highest BCUT2D eigenvalue weighted by Gasteiger charge is 2.12. The summed E-state index contributed by atoms with van der Waals surface area (Å²) in [6, 6.07) is 0.612. The maximum atomic E-state index is 3.56. The van der Waals surface area contributed by atoms with Gasteiger partial charge >= 0.3 is 0 Å². The number of nitrogens with one attached hydrogen (secondary N) is 2. The van der Waals surface area contributed by atoms with E-state index >= 15 is 0 Å². The van der Waals surface area contributed by atoms with E-state index in [2.05, 4.69) is 17.6 Å². The van der Waals surface area contributed by atoms with Crippen LogP contribution < -0.4 is 10.6 Å². The lowest BCUT2D eigenvalue weighted by atomic mass is 9.86. The molecular formula is C13H28N2. The largest absolute Gasteiger partial charge is 0.318 e. The minimum atomic E-state index is 0.612. The molecule has 15 heavy (non-hydrogen) atoms. The van der Waals surface area contributed by atoms with Gasteiger partial charge in [-0.3, -0.25) is 0 Å². The molecule has 0 aromatic carbocycles. The maximum absolute atomic E-state index is 3.56. The molecule has 2 nitrogen and oxygen atoms in total. The Hall–Kier alpha value is -0.0800. The SMILES string of the molecule is CNCC(C)NCCCC1CCCCC1. The molecule has 0 heterocycles. The van der Waals surface area contributed by atoms with Gasteiger partial charge in [0.25, 0.3) is 0 Å². The van der Waals surface area contributed by atoms with Crippen LogP contribution in [0.4, 0.5) is 0 Å². The van der Waals surface area contributed by atoms with Crippen molar-refractivity contribution in [3.8, 4) is 0 Å². The van der Waals surface area contributed by atoms with E-state index in [-0.39, 0.29) is 0 Å². The molecule has 0 spiro atoms. The minimum Gasteiger partial charge on any atom is -0.318 e. The van der Waals surface area contributed by atoms with Gasteiger partial charge in [-0.1, -0.05) is 32.1 Å². The molecule has 0 bridgehead atoms. The van der Waals surface area contributed by atoms with Crippen LogP contribution in [0.25, 0.3) is 0 Å². The molecule has 2 N–H and O–H groups in total. The van der Waals surface area contributed by atoms with E-state index in [1.165, 1.54) is 51.5 Å². The van der Waals surface area contributed by atoms with Gasteiger partial charge in [0, 0.05) is 12.6 Å². The Kier molecular flexibility index (Phi) is 7.03. The van der Waals surface area contributed by atoms with Crippen LogP contribution in [0.15, 0.2) is 0 Å². The Bertz CT molecular complexity index is 141. The predicted octanol–water partition coefficient (Wildman–Crippen LogP) is 2.54. The van der Waals surface area contributed by atoms with Crippen LogP contribution in [-0.2, 0) is 0 Å². The highest BCUT2D eigenvalue weighted by molar-refractivity contribution is 4.67. The quantitative estimate of drug-likeness (QED) is 0.634. The molecule has 0 aliphatic heterocycles. The number of rotatable bonds is 7. The van der Waals surface area contributed by atoms with E-state index in [9.17, 15) is 0 Å². The number of likely N-dealkylation sites (N-methyl/N-ethyl adjacent to an activating group) is 1. The van der Waals surface area contributed by atoms with Crippen LogP contribution in [0.3, 0.4) is 0 Å². The van der Waals surface area contributed by atoms with Crippen molar-refractivity contribution in [1.29, 1.82) is 0 Å². The summed E-state index contributed by atoms with van der Waals surface area (Å²) in [5.41, 5.74) is 0. The molecule has 0 aromatic heterocycles. The van der Waals surface area contributed by atoms with E-state index in [0.717, 1.165) is 12.5 Å². The van der Waals surface area contributed by atoms with Crippen LogP contribution in [0.5, 0.6) is 0 Å². The number of hydrogen-bond acceptors (Lipinski definition) is 2. The smallest absolute Gasteiger partial charge is 0.0164 e. The van der Waals surface area contributed by atoms with E-state index < -0.39 is 0 Å². The van der Waals surface area contributed by atoms with Crippen molar-refractivity contribution < 1.29 is 0 Å². The molecule has 0 radical (unpaired) electrons. The summed E-state index contributed by atoms with van der Waals surface area (Å²) in [6.07, 6.45) is 10.2. The molecule has 1 atom stereocenters. The Balaban J connectivity index is 1.91. The predicted molar refractivity (Wildman–Crippen MR) is 67.2 cm³/mol. The standard InChI is InChI=1S/C13H28N2/c1-12(11-14-2)15-10-6-9-13-7-4-3-5-8-13/h12-15H,3-11H2,1-2H3. The zero-order chi connectivity index (χ0) is 10.9. The van der Waals surface area contributed by atoms with E-state index in [4.69, 9.17) is 0 Å². The Morgan fingerprint density at radius 2 is 1.93 bits per heavy atom. The third kappa shape index (κ3) is 6.16. The Morgan fingerprint density at radius 1 is 1.20 bits per heavy atom. The van der Waals surface area contributed by atoms with Gasteiger partial charge in [0.15, 0.2) is 0 Å². The van der Waals surface area contributed by atoms with E-state index in [1.807, 2.05) is 7.05 Å². The van der Waals surface area contributed by atoms with Crippen LogP contribution in [0.1, 0.15) is 51.9 Å². The van der Waals surface area contributed by atoms with Gasteiger partial charge in [-0.05, 0) is 39.3 Å². The third-order valence-electron chi connectivity index (χ3n) is 3.52. The molecule has 1 fully saturated rings. The monoisotopic (exact) mass is 212 g/mol. The average molecular weight is 212 g/mol. The summed E-state index contributed by atoms with van der Waals surface area (Å²) in [6.45, 7) is 4.51. The fourth-order valence-electron chi connectivity index (χ4n) is 2.59. The first kappa shape index (κ1) is 13.0. The molecule has 1 aliphatic rings. The molecule has 90 valence electrons. The Morgan fingerprint density at radius 3 is 2.60 bits per heavy atom. The van der Waals surface area contributed by atoms with Gasteiger partial charge in [0.05, 0.1) is 0 Å². The van der Waals surface area contributed by atoms with Gasteiger partial charge in [-0.25, -0.2) is 0 Å². The normalized spacial score (nSPS) is 20.4. The topological polar surface area (TPSA) is 24.1 Å². The van der Waals surface area contributed by atoms with Gasteiger partial charge < -0.3 is 10.6 Å². The first-order valence-electron chi connectivity index (χ1n) is 6.71. The fourth-order valence-corrected chi connectivity index (χ4v) is 2.59. The molecule has 0 amide bonds. The van der Waals surface area contributed by atoms with Crippen molar-refractivity contribution in [3.05, 3.63) is 0 Å². The summed E-state index contributed by atoms with van der Waals surface area (Å²) >= 11 is 0. The molecule has 1 rings (SSSR count). The van der Waals surface area contributed by atoms with Crippen LogP contribution >= 0.6 is 0 Å². The highest BCUT2D eigenvalue weighted by atomic mass is 15.0. The summed E-state index contributed by atoms with van der Waals surface area (Å²) in [7, 11) is 2.01. The second kappa shape index (κ2) is 8.12. The third-order valence-corrected chi connectivity index (χ3v) is 3.52. The first-order chi connectivity index (χ1) is 7.33. The number of hydrogen-bond donors (Lipinski definition) is 2. The summed E-state index contributed by atoms with van der Waals surface area (Å²) in [5.74, 6) is 1.04. The average Bonchev–Trinajstić information content (AvgIpc) is 2.26. The van der Waals surface area contributed by atoms with Gasteiger partial charge in [0.1, 0.15) is 0 Å². The zero-order valence-electron chi connectivity index (χ0n) is 10.5. The van der Waals surface area contributed by atoms with Crippen LogP contribution in [-0.4, -0.2) is 26.2 Å². The van der Waals surface area contributed by atoms with Crippen molar-refractivity contribution >= 4 is 0 Å². The summed E-state index contributed by atoms with van der Waals surface area (Å²) < 4.78 is 0. The molecule has 2 heteroatoms. The van der Waals surface area contributed by atoms with Gasteiger partial charge in [-0.15, -0.1) is 0 Å². The molecular weight excluding hydrogens is 184 g/mol. The van der Waals surface area contributed by atoms with E-state index in [1.54, 1.807) is 0 Å². The van der Waals surface area contributed by atoms with Gasteiger partial charge in [-0.2, -0.15) is 0 Å². The van der Waals surface area contributed by atoms with Crippen molar-refractivity contribution in [1.82, 2.24) is 10.6 Å². The van der Waals surface area contributed by atoms with Crippen molar-refractivity contribution in [3.63, 3.8) is 0 Å². The molecule has 1 saturated carbocycles. The molecule has 1 aliphatic carbocycles. The molecule has 0 saturated heterocycles. The van der Waals surface area contributed by atoms with E-state index in [0.29, 0.717) is 6.04 Å². The molecule has 0 aromatic rings. The van der Waals surface area contributed by atoms with Gasteiger partial charge in [0.2, 0.25) is 0 Å². The second-order valence-corrected chi connectivity index (χ2v) is 5.06. The van der Waals surface area contributed by atoms with Crippen LogP contribution in [0, 0.1) is 5.92 Å². The summed E-state index contributed by atoms with van der Waals surface area (Å²) in [4.78, 5) is 0. The highest BCUT2D eigenvalue weighted by Crippen LogP contribution is 2.26. The van der Waals surface area contributed by atoms with Crippen molar-refractivity contribution in [2.24, 2.45) is 5.92 Å². The first-order valence-corrected chi connectivity index (χ1v) is 6.71. The van der Waals surface area contributed by atoms with Crippen molar-refractivity contribution in [2.45, 2.75) is 57.9 Å². The zero-order valence-corrected chi connectivity index (χ0v) is 10.5. The summed E-state index contributed by atoms with van der Waals surface area (Å²) in [5, 5.41) is 6.76. The fraction of sp³-hybridized carbons (Fsp3) is 1.00. The molecule has 1 unspecified atom stereocenters. The van der Waals surface area contributed by atoms with Crippen LogP contribution in [0.2, 0.25) is 0 Å². The minimum absolute atomic E-state index is 0.612. The van der Waals surface area contributed by atoms with Crippen molar-refractivity contribution in [2.75, 3.05) is 20.1 Å². The maximum Gasteiger partial charge on any atom is 0.0164 e. The lowest BCUT2D eigenvalue weighted by Gasteiger charge is -2.21. The lowest BCUT2D eigenvalue weighted by Crippen LogP contribution is -2.35. The Labute approximate surface area is 95.2 Å². The second-order valence-electron chi connectivity index (χ2n) is 5.06.